The number of aliphatic hydroxyl groups is 1. The maximum atomic E-state index is 9.78. The van der Waals surface area contributed by atoms with Gasteiger partial charge in [-0.2, -0.15) is 0 Å². The lowest BCUT2D eigenvalue weighted by atomic mass is 9.93. The zero-order chi connectivity index (χ0) is 20.9. The van der Waals surface area contributed by atoms with Gasteiger partial charge in [0, 0.05) is 25.2 Å². The SMILES string of the molecule is CCN(CC)Cc1cc(Cc2nc3cccnc3s2)nc(NC2CCC(O)CC2)n1. The minimum atomic E-state index is -0.166. The van der Waals surface area contributed by atoms with Crippen molar-refractivity contribution >= 4 is 27.6 Å². The lowest BCUT2D eigenvalue weighted by Crippen LogP contribution is -2.29. The molecule has 0 aromatic carbocycles. The number of thiazole rings is 1. The lowest BCUT2D eigenvalue weighted by molar-refractivity contribution is 0.126. The number of hydrogen-bond acceptors (Lipinski definition) is 8. The molecule has 3 aromatic rings. The van der Waals surface area contributed by atoms with Crippen molar-refractivity contribution < 1.29 is 5.11 Å². The Morgan fingerprint density at radius 3 is 2.60 bits per heavy atom. The van der Waals surface area contributed by atoms with E-state index in [4.69, 9.17) is 15.0 Å². The third-order valence-electron chi connectivity index (χ3n) is 5.69. The van der Waals surface area contributed by atoms with Gasteiger partial charge < -0.3 is 10.4 Å². The Balaban J connectivity index is 1.57. The van der Waals surface area contributed by atoms with E-state index < -0.39 is 0 Å². The maximum absolute atomic E-state index is 9.78. The van der Waals surface area contributed by atoms with Crippen molar-refractivity contribution in [3.05, 3.63) is 40.8 Å². The van der Waals surface area contributed by atoms with Gasteiger partial charge in [0.2, 0.25) is 5.95 Å². The standard InChI is InChI=1S/C22H30N6OS/c1-3-28(4-2)14-17-12-16(13-20-27-19-6-5-11-23-21(19)30-20)25-22(26-17)24-15-7-9-18(29)10-8-15/h5-6,11-12,15,18,29H,3-4,7-10,13-14H2,1-2H3,(H,24,25,26). The van der Waals surface area contributed by atoms with Crippen LogP contribution in [0.1, 0.15) is 55.9 Å². The number of aliphatic hydroxyl groups excluding tert-OH is 1. The predicted octanol–water partition coefficient (Wildman–Crippen LogP) is 3.63. The van der Waals surface area contributed by atoms with Gasteiger partial charge in [0.1, 0.15) is 15.4 Å². The summed E-state index contributed by atoms with van der Waals surface area (Å²) in [6.45, 7) is 7.13. The summed E-state index contributed by atoms with van der Waals surface area (Å²) in [5, 5.41) is 14.3. The molecule has 3 aromatic heterocycles. The van der Waals surface area contributed by atoms with Crippen LogP contribution in [-0.2, 0) is 13.0 Å². The van der Waals surface area contributed by atoms with Gasteiger partial charge in [0.25, 0.3) is 0 Å². The summed E-state index contributed by atoms with van der Waals surface area (Å²) in [5.41, 5.74) is 2.94. The van der Waals surface area contributed by atoms with Gasteiger partial charge in [-0.05, 0) is 57.0 Å². The van der Waals surface area contributed by atoms with Gasteiger partial charge in [-0.15, -0.1) is 0 Å². The molecule has 7 nitrogen and oxygen atoms in total. The van der Waals surface area contributed by atoms with E-state index in [2.05, 4.69) is 35.1 Å². The molecule has 30 heavy (non-hydrogen) atoms. The minimum absolute atomic E-state index is 0.166. The minimum Gasteiger partial charge on any atom is -0.393 e. The molecule has 0 unspecified atom stereocenters. The van der Waals surface area contributed by atoms with Gasteiger partial charge in [-0.1, -0.05) is 25.2 Å². The highest BCUT2D eigenvalue weighted by Gasteiger charge is 2.20. The van der Waals surface area contributed by atoms with Crippen LogP contribution in [0, 0.1) is 0 Å². The quantitative estimate of drug-likeness (QED) is 0.569. The first-order chi connectivity index (χ1) is 14.6. The topological polar surface area (TPSA) is 87.1 Å². The first-order valence-electron chi connectivity index (χ1n) is 10.9. The molecule has 3 heterocycles. The molecule has 0 amide bonds. The molecule has 8 heteroatoms. The largest absolute Gasteiger partial charge is 0.393 e. The number of nitrogens with one attached hydrogen (secondary N) is 1. The van der Waals surface area contributed by atoms with E-state index in [1.54, 1.807) is 17.5 Å². The Labute approximate surface area is 181 Å². The lowest BCUT2D eigenvalue weighted by Gasteiger charge is -2.26. The van der Waals surface area contributed by atoms with Crippen molar-refractivity contribution in [2.24, 2.45) is 0 Å². The normalized spacial score (nSPS) is 19.5. The van der Waals surface area contributed by atoms with E-state index in [9.17, 15) is 5.11 Å². The molecule has 0 bridgehead atoms. The van der Waals surface area contributed by atoms with Gasteiger partial charge in [-0.3, -0.25) is 4.90 Å². The fraction of sp³-hybridized carbons (Fsp3) is 0.545. The monoisotopic (exact) mass is 426 g/mol. The average molecular weight is 427 g/mol. The Morgan fingerprint density at radius 1 is 1.10 bits per heavy atom. The summed E-state index contributed by atoms with van der Waals surface area (Å²) in [5.74, 6) is 0.690. The van der Waals surface area contributed by atoms with Gasteiger partial charge in [0.05, 0.1) is 17.5 Å². The highest BCUT2D eigenvalue weighted by molar-refractivity contribution is 7.18. The molecule has 1 saturated carbocycles. The number of rotatable bonds is 8. The highest BCUT2D eigenvalue weighted by Crippen LogP contribution is 2.24. The smallest absolute Gasteiger partial charge is 0.223 e. The summed E-state index contributed by atoms with van der Waals surface area (Å²) >= 11 is 1.62. The maximum Gasteiger partial charge on any atom is 0.223 e. The van der Waals surface area contributed by atoms with E-state index >= 15 is 0 Å². The van der Waals surface area contributed by atoms with Crippen molar-refractivity contribution in [2.45, 2.75) is 64.6 Å². The predicted molar refractivity (Wildman–Crippen MR) is 121 cm³/mol. The van der Waals surface area contributed by atoms with Crippen molar-refractivity contribution in [3.8, 4) is 0 Å². The fourth-order valence-corrected chi connectivity index (χ4v) is 4.83. The highest BCUT2D eigenvalue weighted by atomic mass is 32.1. The van der Waals surface area contributed by atoms with Crippen LogP contribution < -0.4 is 5.32 Å². The molecular formula is C22H30N6OS. The number of fused-ring (bicyclic) bond motifs is 1. The molecule has 0 radical (unpaired) electrons. The first kappa shape index (κ1) is 21.1. The second-order valence-electron chi connectivity index (χ2n) is 7.90. The van der Waals surface area contributed by atoms with Crippen LogP contribution in [0.3, 0.4) is 0 Å². The molecule has 0 aliphatic heterocycles. The van der Waals surface area contributed by atoms with Crippen molar-refractivity contribution in [2.75, 3.05) is 18.4 Å². The Kier molecular flexibility index (Phi) is 6.86. The average Bonchev–Trinajstić information content (AvgIpc) is 3.15. The molecule has 0 saturated heterocycles. The zero-order valence-electron chi connectivity index (χ0n) is 17.7. The van der Waals surface area contributed by atoms with Crippen LogP contribution >= 0.6 is 11.3 Å². The fourth-order valence-electron chi connectivity index (χ4n) is 3.91. The molecule has 4 rings (SSSR count). The second kappa shape index (κ2) is 9.76. The van der Waals surface area contributed by atoms with E-state index in [0.717, 1.165) is 72.1 Å². The van der Waals surface area contributed by atoms with Gasteiger partial charge in [-0.25, -0.2) is 19.9 Å². The molecule has 160 valence electrons. The van der Waals surface area contributed by atoms with Crippen LogP contribution in [0.15, 0.2) is 24.4 Å². The van der Waals surface area contributed by atoms with E-state index in [1.165, 1.54) is 0 Å². The van der Waals surface area contributed by atoms with Crippen molar-refractivity contribution in [1.29, 1.82) is 0 Å². The third kappa shape index (κ3) is 5.30. The van der Waals surface area contributed by atoms with Crippen LogP contribution in [0.5, 0.6) is 0 Å². The molecule has 1 aliphatic carbocycles. The summed E-state index contributed by atoms with van der Waals surface area (Å²) < 4.78 is 0. The molecule has 0 spiro atoms. The van der Waals surface area contributed by atoms with E-state index in [0.29, 0.717) is 18.4 Å². The number of pyridine rings is 1. The summed E-state index contributed by atoms with van der Waals surface area (Å²) in [4.78, 5) is 22.1. The second-order valence-corrected chi connectivity index (χ2v) is 8.96. The first-order valence-corrected chi connectivity index (χ1v) is 11.7. The van der Waals surface area contributed by atoms with Gasteiger partial charge in [0.15, 0.2) is 0 Å². The van der Waals surface area contributed by atoms with Gasteiger partial charge >= 0.3 is 0 Å². The number of aromatic nitrogens is 4. The van der Waals surface area contributed by atoms with Crippen molar-refractivity contribution in [3.63, 3.8) is 0 Å². The number of nitrogens with zero attached hydrogens (tertiary/aromatic N) is 5. The zero-order valence-corrected chi connectivity index (χ0v) is 18.5. The Bertz CT molecular complexity index is 932. The summed E-state index contributed by atoms with van der Waals surface area (Å²) in [6, 6.07) is 6.34. The Hall–Kier alpha value is -2.16. The van der Waals surface area contributed by atoms with Crippen LogP contribution in [0.2, 0.25) is 0 Å². The van der Waals surface area contributed by atoms with Crippen LogP contribution in [-0.4, -0.2) is 55.2 Å². The molecule has 2 N–H and O–H groups in total. The van der Waals surface area contributed by atoms with E-state index in [-0.39, 0.29) is 6.10 Å². The Morgan fingerprint density at radius 2 is 1.87 bits per heavy atom. The molecule has 1 aliphatic rings. The van der Waals surface area contributed by atoms with E-state index in [1.807, 2.05) is 12.1 Å². The summed E-state index contributed by atoms with van der Waals surface area (Å²) in [7, 11) is 0. The van der Waals surface area contributed by atoms with Crippen LogP contribution in [0.25, 0.3) is 10.3 Å². The summed E-state index contributed by atoms with van der Waals surface area (Å²) in [6.07, 6.45) is 5.88. The number of hydrogen-bond donors (Lipinski definition) is 2. The molecular weight excluding hydrogens is 396 g/mol. The third-order valence-corrected chi connectivity index (χ3v) is 6.66. The van der Waals surface area contributed by atoms with Crippen LogP contribution in [0.4, 0.5) is 5.95 Å². The van der Waals surface area contributed by atoms with Crippen molar-refractivity contribution in [1.82, 2.24) is 24.8 Å². The molecule has 0 atom stereocenters. The molecule has 1 fully saturated rings. The number of anilines is 1.